The van der Waals surface area contributed by atoms with Gasteiger partial charge >= 0.3 is 6.18 Å². The number of oxazole rings is 1. The van der Waals surface area contributed by atoms with E-state index in [1.807, 2.05) is 25.1 Å². The highest BCUT2D eigenvalue weighted by atomic mass is 19.4. The Balaban J connectivity index is 1.39. The maximum atomic E-state index is 12.3. The van der Waals surface area contributed by atoms with Crippen molar-refractivity contribution < 1.29 is 31.9 Å². The van der Waals surface area contributed by atoms with Crippen LogP contribution in [0.5, 0.6) is 11.5 Å². The lowest BCUT2D eigenvalue weighted by atomic mass is 10.2. The van der Waals surface area contributed by atoms with Crippen LogP contribution in [-0.2, 0) is 4.79 Å². The van der Waals surface area contributed by atoms with Crippen LogP contribution >= 0.6 is 0 Å². The van der Waals surface area contributed by atoms with E-state index in [1.165, 1.54) is 18.2 Å². The summed E-state index contributed by atoms with van der Waals surface area (Å²) < 4.78 is 53.0. The smallest absolute Gasteiger partial charge is 0.422 e. The van der Waals surface area contributed by atoms with Gasteiger partial charge in [-0.3, -0.25) is 4.79 Å². The van der Waals surface area contributed by atoms with Gasteiger partial charge in [0.25, 0.3) is 5.91 Å². The molecule has 4 rings (SSSR count). The number of ether oxygens (including phenoxy) is 2. The number of benzene rings is 3. The fourth-order valence-electron chi connectivity index (χ4n) is 3.04. The molecule has 0 radical (unpaired) electrons. The second-order valence-corrected chi connectivity index (χ2v) is 7.23. The number of alkyl halides is 3. The zero-order valence-electron chi connectivity index (χ0n) is 17.5. The van der Waals surface area contributed by atoms with Gasteiger partial charge in [-0.05, 0) is 55.0 Å². The fraction of sp³-hybridized carbons (Fsp3) is 0.167. The molecule has 33 heavy (non-hydrogen) atoms. The molecule has 0 saturated heterocycles. The Morgan fingerprint density at radius 3 is 2.52 bits per heavy atom. The predicted molar refractivity (Wildman–Crippen MR) is 116 cm³/mol. The number of aryl methyl sites for hydroxylation is 1. The average molecular weight is 456 g/mol. The Morgan fingerprint density at radius 1 is 1.03 bits per heavy atom. The van der Waals surface area contributed by atoms with Crippen LogP contribution in [0.3, 0.4) is 0 Å². The third-order valence-corrected chi connectivity index (χ3v) is 4.63. The van der Waals surface area contributed by atoms with E-state index in [2.05, 4.69) is 10.3 Å². The van der Waals surface area contributed by atoms with Crippen LogP contribution in [-0.4, -0.2) is 30.3 Å². The van der Waals surface area contributed by atoms with Gasteiger partial charge in [0.1, 0.15) is 17.0 Å². The van der Waals surface area contributed by atoms with Crippen molar-refractivity contribution in [2.75, 3.05) is 18.5 Å². The van der Waals surface area contributed by atoms with Crippen molar-refractivity contribution in [1.29, 1.82) is 0 Å². The zero-order chi connectivity index (χ0) is 23.4. The highest BCUT2D eigenvalue weighted by molar-refractivity contribution is 5.92. The first-order chi connectivity index (χ1) is 15.8. The second-order valence-electron chi connectivity index (χ2n) is 7.23. The highest BCUT2D eigenvalue weighted by Crippen LogP contribution is 2.28. The lowest BCUT2D eigenvalue weighted by Crippen LogP contribution is -2.20. The zero-order valence-corrected chi connectivity index (χ0v) is 17.5. The summed E-state index contributed by atoms with van der Waals surface area (Å²) >= 11 is 0. The number of hydrogen-bond acceptors (Lipinski definition) is 5. The van der Waals surface area contributed by atoms with Crippen molar-refractivity contribution in [1.82, 2.24) is 4.98 Å². The van der Waals surface area contributed by atoms with Crippen molar-refractivity contribution >= 4 is 22.7 Å². The minimum absolute atomic E-state index is 0.0469. The van der Waals surface area contributed by atoms with E-state index in [0.717, 1.165) is 5.56 Å². The van der Waals surface area contributed by atoms with Gasteiger partial charge in [-0.15, -0.1) is 0 Å². The molecule has 0 unspecified atom stereocenters. The summed E-state index contributed by atoms with van der Waals surface area (Å²) in [5.74, 6) is 0.676. The Hall–Kier alpha value is -4.01. The van der Waals surface area contributed by atoms with Crippen molar-refractivity contribution in [2.24, 2.45) is 0 Å². The summed E-state index contributed by atoms with van der Waals surface area (Å²) in [4.78, 5) is 16.5. The molecule has 4 aromatic rings. The normalized spacial score (nSPS) is 11.4. The van der Waals surface area contributed by atoms with E-state index in [0.29, 0.717) is 34.0 Å². The van der Waals surface area contributed by atoms with Crippen LogP contribution < -0.4 is 14.8 Å². The molecule has 1 amide bonds. The monoisotopic (exact) mass is 456 g/mol. The highest BCUT2D eigenvalue weighted by Gasteiger charge is 2.28. The number of rotatable bonds is 7. The molecule has 9 heteroatoms. The van der Waals surface area contributed by atoms with E-state index >= 15 is 0 Å². The molecule has 3 aromatic carbocycles. The summed E-state index contributed by atoms with van der Waals surface area (Å²) in [5.41, 5.74) is 2.92. The van der Waals surface area contributed by atoms with Crippen molar-refractivity contribution in [3.05, 3.63) is 72.3 Å². The molecule has 1 heterocycles. The van der Waals surface area contributed by atoms with Gasteiger partial charge in [0, 0.05) is 17.3 Å². The maximum absolute atomic E-state index is 12.3. The van der Waals surface area contributed by atoms with E-state index in [1.54, 1.807) is 30.3 Å². The summed E-state index contributed by atoms with van der Waals surface area (Å²) in [6, 6.07) is 18.5. The van der Waals surface area contributed by atoms with Crippen LogP contribution in [0.1, 0.15) is 5.56 Å². The molecule has 0 aliphatic carbocycles. The van der Waals surface area contributed by atoms with Crippen molar-refractivity contribution in [3.63, 3.8) is 0 Å². The molecule has 0 saturated carbocycles. The Bertz CT molecular complexity index is 1270. The molecular weight excluding hydrogens is 437 g/mol. The number of nitrogens with zero attached hydrogens (tertiary/aromatic N) is 1. The number of aromatic nitrogens is 1. The van der Waals surface area contributed by atoms with Crippen LogP contribution in [0.15, 0.2) is 71.1 Å². The quantitative estimate of drug-likeness (QED) is 0.383. The molecule has 1 aromatic heterocycles. The molecule has 170 valence electrons. The number of carbonyl (C=O) groups excluding carboxylic acids is 1. The van der Waals surface area contributed by atoms with Gasteiger partial charge in [0.15, 0.2) is 18.8 Å². The lowest BCUT2D eigenvalue weighted by Gasteiger charge is -2.09. The van der Waals surface area contributed by atoms with E-state index in [-0.39, 0.29) is 18.3 Å². The first-order valence-corrected chi connectivity index (χ1v) is 9.96. The van der Waals surface area contributed by atoms with Crippen LogP contribution in [0.25, 0.3) is 22.6 Å². The van der Waals surface area contributed by atoms with Crippen LogP contribution in [0.4, 0.5) is 18.9 Å². The third kappa shape index (κ3) is 5.82. The van der Waals surface area contributed by atoms with E-state index in [9.17, 15) is 18.0 Å². The molecule has 0 aliphatic rings. The molecule has 6 nitrogen and oxygen atoms in total. The number of hydrogen-bond donors (Lipinski definition) is 1. The molecule has 1 N–H and O–H groups in total. The number of amides is 1. The van der Waals surface area contributed by atoms with Gasteiger partial charge in [-0.2, -0.15) is 13.2 Å². The standard InChI is InChI=1S/C24H19F3N2O4/c1-15-4-2-3-5-20(15)31-13-22(30)28-17-8-6-16(7-9-17)23-29-19-12-18(10-11-21(19)33-23)32-14-24(25,26)27/h2-12H,13-14H2,1H3,(H,28,30). The number of nitrogens with one attached hydrogen (secondary N) is 1. The van der Waals surface area contributed by atoms with Gasteiger partial charge in [0.05, 0.1) is 0 Å². The minimum Gasteiger partial charge on any atom is -0.484 e. The summed E-state index contributed by atoms with van der Waals surface area (Å²) in [5, 5.41) is 2.75. The molecular formula is C24H19F3N2O4. The Labute approximate surface area is 187 Å². The van der Waals surface area contributed by atoms with Gasteiger partial charge in [-0.25, -0.2) is 4.98 Å². The summed E-state index contributed by atoms with van der Waals surface area (Å²) in [6.45, 7) is 0.386. The third-order valence-electron chi connectivity index (χ3n) is 4.63. The number of anilines is 1. The number of carbonyl (C=O) groups is 1. The van der Waals surface area contributed by atoms with Crippen LogP contribution in [0.2, 0.25) is 0 Å². The molecule has 0 fully saturated rings. The van der Waals surface area contributed by atoms with E-state index < -0.39 is 12.8 Å². The largest absolute Gasteiger partial charge is 0.484 e. The maximum Gasteiger partial charge on any atom is 0.422 e. The van der Waals surface area contributed by atoms with Crippen molar-refractivity contribution in [2.45, 2.75) is 13.1 Å². The lowest BCUT2D eigenvalue weighted by molar-refractivity contribution is -0.153. The molecule has 0 aliphatic heterocycles. The Morgan fingerprint density at radius 2 is 1.79 bits per heavy atom. The van der Waals surface area contributed by atoms with Crippen molar-refractivity contribution in [3.8, 4) is 23.0 Å². The Kier molecular flexibility index (Phi) is 6.21. The molecule has 0 spiro atoms. The van der Waals surface area contributed by atoms with E-state index in [4.69, 9.17) is 13.9 Å². The van der Waals surface area contributed by atoms with Gasteiger partial charge in [0.2, 0.25) is 5.89 Å². The fourth-order valence-corrected chi connectivity index (χ4v) is 3.04. The number of para-hydroxylation sites is 1. The second kappa shape index (κ2) is 9.23. The number of fused-ring (bicyclic) bond motifs is 1. The van der Waals surface area contributed by atoms with Gasteiger partial charge in [-0.1, -0.05) is 18.2 Å². The summed E-state index contributed by atoms with van der Waals surface area (Å²) in [6.07, 6.45) is -4.42. The summed E-state index contributed by atoms with van der Waals surface area (Å²) in [7, 11) is 0. The minimum atomic E-state index is -4.42. The SMILES string of the molecule is Cc1ccccc1OCC(=O)Nc1ccc(-c2nc3cc(OCC(F)(F)F)ccc3o2)cc1. The average Bonchev–Trinajstić information content (AvgIpc) is 3.20. The molecule has 0 bridgehead atoms. The molecule has 0 atom stereocenters. The first kappa shape index (κ1) is 22.2. The predicted octanol–water partition coefficient (Wildman–Crippen LogP) is 5.76. The topological polar surface area (TPSA) is 73.6 Å². The van der Waals surface area contributed by atoms with Gasteiger partial charge < -0.3 is 19.2 Å². The number of halogens is 3. The van der Waals surface area contributed by atoms with Crippen LogP contribution in [0, 0.1) is 6.92 Å². The first-order valence-electron chi connectivity index (χ1n) is 9.96.